The number of hydrogen-bond acceptors (Lipinski definition) is 4. The molecule has 1 aliphatic rings. The summed E-state index contributed by atoms with van der Waals surface area (Å²) in [5, 5.41) is 3.20. The highest BCUT2D eigenvalue weighted by Gasteiger charge is 2.19. The second-order valence-electron chi connectivity index (χ2n) is 3.79. The Labute approximate surface area is 88.3 Å². The highest BCUT2D eigenvalue weighted by atomic mass is 32.1. The van der Waals surface area contributed by atoms with E-state index in [0.29, 0.717) is 5.92 Å². The highest BCUT2D eigenvalue weighted by Crippen LogP contribution is 2.28. The second-order valence-corrected chi connectivity index (χ2v) is 4.68. The lowest BCUT2D eigenvalue weighted by Gasteiger charge is -2.20. The standard InChI is InChI=1S/C10H16N2OS/c1-7(11)10-12-9(6-14-10)8-2-4-13-5-3-8/h6-8H,2-5,11H2,1H3. The van der Waals surface area contributed by atoms with Crippen LogP contribution in [0.1, 0.15) is 42.4 Å². The molecule has 3 nitrogen and oxygen atoms in total. The summed E-state index contributed by atoms with van der Waals surface area (Å²) in [5.41, 5.74) is 6.99. The molecule has 1 aromatic rings. The Kier molecular flexibility index (Phi) is 3.15. The lowest BCUT2D eigenvalue weighted by molar-refractivity contribution is 0.0846. The second kappa shape index (κ2) is 4.38. The van der Waals surface area contributed by atoms with Crippen LogP contribution in [0.2, 0.25) is 0 Å². The van der Waals surface area contributed by atoms with Gasteiger partial charge in [0.25, 0.3) is 0 Å². The Morgan fingerprint density at radius 2 is 2.29 bits per heavy atom. The maximum Gasteiger partial charge on any atom is 0.109 e. The zero-order chi connectivity index (χ0) is 9.97. The lowest BCUT2D eigenvalue weighted by Crippen LogP contribution is -2.14. The van der Waals surface area contributed by atoms with Crippen molar-refractivity contribution in [1.29, 1.82) is 0 Å². The van der Waals surface area contributed by atoms with E-state index in [1.165, 1.54) is 5.69 Å². The maximum atomic E-state index is 5.78. The molecule has 0 bridgehead atoms. The van der Waals surface area contributed by atoms with Crippen LogP contribution in [0.15, 0.2) is 5.38 Å². The Bertz CT molecular complexity index is 292. The number of nitrogens with two attached hydrogens (primary N) is 1. The Hall–Kier alpha value is -0.450. The van der Waals surface area contributed by atoms with E-state index in [1.807, 2.05) is 6.92 Å². The molecule has 0 aromatic carbocycles. The van der Waals surface area contributed by atoms with E-state index < -0.39 is 0 Å². The molecule has 0 spiro atoms. The summed E-state index contributed by atoms with van der Waals surface area (Å²) in [6.07, 6.45) is 2.20. The van der Waals surface area contributed by atoms with Gasteiger partial charge in [0, 0.05) is 24.5 Å². The van der Waals surface area contributed by atoms with E-state index in [1.54, 1.807) is 11.3 Å². The molecule has 0 aliphatic carbocycles. The number of thiazole rings is 1. The number of ether oxygens (including phenoxy) is 1. The summed E-state index contributed by atoms with van der Waals surface area (Å²) in [4.78, 5) is 4.57. The lowest BCUT2D eigenvalue weighted by atomic mass is 9.97. The van der Waals surface area contributed by atoms with E-state index in [-0.39, 0.29) is 6.04 Å². The minimum atomic E-state index is 0.0635. The summed E-state index contributed by atoms with van der Waals surface area (Å²) in [5.74, 6) is 0.590. The van der Waals surface area contributed by atoms with Gasteiger partial charge in [-0.2, -0.15) is 0 Å². The van der Waals surface area contributed by atoms with Crippen LogP contribution in [0.25, 0.3) is 0 Å². The molecule has 1 unspecified atom stereocenters. The molecule has 4 heteroatoms. The van der Waals surface area contributed by atoms with Gasteiger partial charge >= 0.3 is 0 Å². The van der Waals surface area contributed by atoms with Crippen molar-refractivity contribution in [3.63, 3.8) is 0 Å². The van der Waals surface area contributed by atoms with Gasteiger partial charge in [-0.3, -0.25) is 0 Å². The predicted molar refractivity (Wildman–Crippen MR) is 57.5 cm³/mol. The van der Waals surface area contributed by atoms with Gasteiger partial charge in [0.05, 0.1) is 11.7 Å². The largest absolute Gasteiger partial charge is 0.381 e. The zero-order valence-electron chi connectivity index (χ0n) is 8.40. The molecule has 1 aromatic heterocycles. The smallest absolute Gasteiger partial charge is 0.109 e. The third kappa shape index (κ3) is 2.13. The predicted octanol–water partition coefficient (Wildman–Crippen LogP) is 2.06. The minimum absolute atomic E-state index is 0.0635. The summed E-state index contributed by atoms with van der Waals surface area (Å²) >= 11 is 1.67. The summed E-state index contributed by atoms with van der Waals surface area (Å²) < 4.78 is 5.33. The normalized spacial score (nSPS) is 21.0. The number of nitrogens with zero attached hydrogens (tertiary/aromatic N) is 1. The molecule has 14 heavy (non-hydrogen) atoms. The van der Waals surface area contributed by atoms with Crippen molar-refractivity contribution in [3.05, 3.63) is 16.1 Å². The van der Waals surface area contributed by atoms with Crippen LogP contribution >= 0.6 is 11.3 Å². The van der Waals surface area contributed by atoms with Crippen LogP contribution in [-0.2, 0) is 4.74 Å². The quantitative estimate of drug-likeness (QED) is 0.816. The molecule has 78 valence electrons. The van der Waals surface area contributed by atoms with Gasteiger partial charge < -0.3 is 10.5 Å². The number of rotatable bonds is 2. The topological polar surface area (TPSA) is 48.1 Å². The van der Waals surface area contributed by atoms with Crippen molar-refractivity contribution in [1.82, 2.24) is 4.98 Å². The van der Waals surface area contributed by atoms with Crippen molar-refractivity contribution >= 4 is 11.3 Å². The van der Waals surface area contributed by atoms with Gasteiger partial charge in [-0.15, -0.1) is 11.3 Å². The van der Waals surface area contributed by atoms with Gasteiger partial charge in [-0.25, -0.2) is 4.98 Å². The zero-order valence-corrected chi connectivity index (χ0v) is 9.22. The third-order valence-electron chi connectivity index (χ3n) is 2.57. The van der Waals surface area contributed by atoms with Crippen molar-refractivity contribution in [3.8, 4) is 0 Å². The monoisotopic (exact) mass is 212 g/mol. The SMILES string of the molecule is CC(N)c1nc(C2CCOCC2)cs1. The molecule has 2 N–H and O–H groups in total. The highest BCUT2D eigenvalue weighted by molar-refractivity contribution is 7.09. The Morgan fingerprint density at radius 1 is 1.57 bits per heavy atom. The molecule has 1 atom stereocenters. The number of hydrogen-bond donors (Lipinski definition) is 1. The first-order valence-corrected chi connectivity index (χ1v) is 5.94. The summed E-state index contributed by atoms with van der Waals surface area (Å²) in [6.45, 7) is 3.72. The molecule has 0 radical (unpaired) electrons. The Morgan fingerprint density at radius 3 is 2.86 bits per heavy atom. The molecule has 2 rings (SSSR count). The van der Waals surface area contributed by atoms with Crippen LogP contribution in [0.5, 0.6) is 0 Å². The van der Waals surface area contributed by atoms with E-state index >= 15 is 0 Å². The van der Waals surface area contributed by atoms with Crippen LogP contribution < -0.4 is 5.73 Å². The van der Waals surface area contributed by atoms with Crippen molar-refractivity contribution in [2.45, 2.75) is 31.7 Å². The van der Waals surface area contributed by atoms with E-state index in [9.17, 15) is 0 Å². The molecule has 2 heterocycles. The average Bonchev–Trinajstić information content (AvgIpc) is 2.68. The fourth-order valence-electron chi connectivity index (χ4n) is 1.69. The van der Waals surface area contributed by atoms with Gasteiger partial charge in [0.1, 0.15) is 5.01 Å². The van der Waals surface area contributed by atoms with Crippen LogP contribution in [0.4, 0.5) is 0 Å². The average molecular weight is 212 g/mol. The van der Waals surface area contributed by atoms with Gasteiger partial charge in [-0.1, -0.05) is 0 Å². The first kappa shape index (κ1) is 10.1. The number of aromatic nitrogens is 1. The van der Waals surface area contributed by atoms with Crippen LogP contribution in [0.3, 0.4) is 0 Å². The molecule has 1 fully saturated rings. The molecule has 1 saturated heterocycles. The fraction of sp³-hybridized carbons (Fsp3) is 0.700. The van der Waals surface area contributed by atoms with E-state index in [2.05, 4.69) is 10.4 Å². The third-order valence-corrected chi connectivity index (χ3v) is 3.63. The summed E-state index contributed by atoms with van der Waals surface area (Å²) in [7, 11) is 0. The van der Waals surface area contributed by atoms with Crippen molar-refractivity contribution in [2.75, 3.05) is 13.2 Å². The van der Waals surface area contributed by atoms with Gasteiger partial charge in [0.2, 0.25) is 0 Å². The van der Waals surface area contributed by atoms with Gasteiger partial charge in [-0.05, 0) is 19.8 Å². The summed E-state index contributed by atoms with van der Waals surface area (Å²) in [6, 6.07) is 0.0635. The maximum absolute atomic E-state index is 5.78. The first-order chi connectivity index (χ1) is 6.77. The molecule has 0 amide bonds. The van der Waals surface area contributed by atoms with Crippen molar-refractivity contribution in [2.24, 2.45) is 5.73 Å². The van der Waals surface area contributed by atoms with Crippen LogP contribution in [0, 0.1) is 0 Å². The molecular formula is C10H16N2OS. The van der Waals surface area contributed by atoms with E-state index in [0.717, 1.165) is 31.1 Å². The van der Waals surface area contributed by atoms with Crippen LogP contribution in [-0.4, -0.2) is 18.2 Å². The molecule has 1 aliphatic heterocycles. The fourth-order valence-corrected chi connectivity index (χ4v) is 2.55. The van der Waals surface area contributed by atoms with Gasteiger partial charge in [0.15, 0.2) is 0 Å². The first-order valence-electron chi connectivity index (χ1n) is 5.06. The van der Waals surface area contributed by atoms with E-state index in [4.69, 9.17) is 10.5 Å². The molecule has 0 saturated carbocycles. The van der Waals surface area contributed by atoms with Crippen molar-refractivity contribution < 1.29 is 4.74 Å². The minimum Gasteiger partial charge on any atom is -0.381 e. The molecular weight excluding hydrogens is 196 g/mol. The Balaban J connectivity index is 2.07.